The van der Waals surface area contributed by atoms with E-state index in [1.807, 2.05) is 4.90 Å². The van der Waals surface area contributed by atoms with Crippen LogP contribution in [-0.2, 0) is 4.79 Å². The number of rotatable bonds is 8. The fraction of sp³-hybridized carbons (Fsp3) is 0.550. The van der Waals surface area contributed by atoms with E-state index in [1.165, 1.54) is 12.8 Å². The molecule has 0 aromatic heterocycles. The predicted octanol–water partition coefficient (Wildman–Crippen LogP) is 4.56. The number of allylic oxidation sites excluding steroid dienone is 2. The van der Waals surface area contributed by atoms with Gasteiger partial charge in [0.15, 0.2) is 6.61 Å². The number of fused-ring (bicyclic) bond motifs is 2. The van der Waals surface area contributed by atoms with E-state index in [2.05, 4.69) is 19.1 Å². The fourth-order valence-electron chi connectivity index (χ4n) is 3.82. The topological polar surface area (TPSA) is 29.5 Å². The van der Waals surface area contributed by atoms with Crippen LogP contribution in [0.2, 0.25) is 5.02 Å². The van der Waals surface area contributed by atoms with Crippen molar-refractivity contribution in [2.75, 3.05) is 19.7 Å². The van der Waals surface area contributed by atoms with Gasteiger partial charge in [-0.05, 0) is 61.3 Å². The summed E-state index contributed by atoms with van der Waals surface area (Å²) in [5.74, 6) is 2.81. The van der Waals surface area contributed by atoms with Crippen LogP contribution in [0.1, 0.15) is 32.6 Å². The van der Waals surface area contributed by atoms with E-state index in [0.717, 1.165) is 31.8 Å². The Morgan fingerprint density at radius 1 is 1.25 bits per heavy atom. The maximum atomic E-state index is 12.6. The molecule has 0 heterocycles. The molecule has 1 aromatic rings. The Kier molecular flexibility index (Phi) is 5.83. The number of amides is 1. The van der Waals surface area contributed by atoms with Crippen molar-refractivity contribution in [3.8, 4) is 5.75 Å². The van der Waals surface area contributed by atoms with Crippen molar-refractivity contribution in [1.82, 2.24) is 4.90 Å². The Labute approximate surface area is 149 Å². The van der Waals surface area contributed by atoms with Gasteiger partial charge in [0.25, 0.3) is 5.91 Å². The molecule has 4 heteroatoms. The predicted molar refractivity (Wildman–Crippen MR) is 97.3 cm³/mol. The summed E-state index contributed by atoms with van der Waals surface area (Å²) in [4.78, 5) is 14.7. The highest BCUT2D eigenvalue weighted by Crippen LogP contribution is 2.43. The van der Waals surface area contributed by atoms with Crippen molar-refractivity contribution in [1.29, 1.82) is 0 Å². The molecule has 3 rings (SSSR count). The van der Waals surface area contributed by atoms with E-state index in [1.54, 1.807) is 24.3 Å². The number of carbonyl (C=O) groups is 1. The van der Waals surface area contributed by atoms with E-state index in [0.29, 0.717) is 22.6 Å². The van der Waals surface area contributed by atoms with Crippen LogP contribution in [0.15, 0.2) is 36.4 Å². The molecule has 2 bridgehead atoms. The highest BCUT2D eigenvalue weighted by Gasteiger charge is 2.36. The van der Waals surface area contributed by atoms with Crippen molar-refractivity contribution >= 4 is 17.5 Å². The van der Waals surface area contributed by atoms with Gasteiger partial charge in [-0.25, -0.2) is 0 Å². The lowest BCUT2D eigenvalue weighted by Crippen LogP contribution is -2.40. The van der Waals surface area contributed by atoms with Gasteiger partial charge in [-0.3, -0.25) is 4.79 Å². The minimum atomic E-state index is 0.0881. The summed E-state index contributed by atoms with van der Waals surface area (Å²) in [6, 6.07) is 7.15. The minimum Gasteiger partial charge on any atom is -0.484 e. The van der Waals surface area contributed by atoms with Crippen LogP contribution in [-0.4, -0.2) is 30.5 Å². The Bertz CT molecular complexity index is 584. The van der Waals surface area contributed by atoms with Gasteiger partial charge in [0.1, 0.15) is 5.75 Å². The third kappa shape index (κ3) is 4.32. The van der Waals surface area contributed by atoms with Gasteiger partial charge in [0, 0.05) is 18.1 Å². The molecule has 1 fully saturated rings. The van der Waals surface area contributed by atoms with E-state index in [9.17, 15) is 4.79 Å². The zero-order valence-corrected chi connectivity index (χ0v) is 15.0. The molecule has 1 aromatic carbocycles. The van der Waals surface area contributed by atoms with Crippen LogP contribution in [0.5, 0.6) is 5.75 Å². The summed E-state index contributed by atoms with van der Waals surface area (Å²) < 4.78 is 5.65. The zero-order chi connectivity index (χ0) is 16.9. The first kappa shape index (κ1) is 17.3. The highest BCUT2D eigenvalue weighted by molar-refractivity contribution is 6.30. The summed E-state index contributed by atoms with van der Waals surface area (Å²) >= 11 is 5.87. The van der Waals surface area contributed by atoms with Gasteiger partial charge in [-0.2, -0.15) is 0 Å². The van der Waals surface area contributed by atoms with Crippen LogP contribution in [0.4, 0.5) is 0 Å². The first-order chi connectivity index (χ1) is 11.7. The van der Waals surface area contributed by atoms with Gasteiger partial charge < -0.3 is 9.64 Å². The van der Waals surface area contributed by atoms with Crippen LogP contribution in [0.3, 0.4) is 0 Å². The van der Waals surface area contributed by atoms with Crippen LogP contribution < -0.4 is 4.74 Å². The second kappa shape index (κ2) is 8.06. The molecule has 0 radical (unpaired) electrons. The Morgan fingerprint density at radius 3 is 2.67 bits per heavy atom. The summed E-state index contributed by atoms with van der Waals surface area (Å²) in [6.45, 7) is 3.96. The molecule has 130 valence electrons. The minimum absolute atomic E-state index is 0.0881. The number of benzene rings is 1. The summed E-state index contributed by atoms with van der Waals surface area (Å²) in [5, 5.41) is 0.669. The number of nitrogens with zero attached hydrogens (tertiary/aromatic N) is 1. The van der Waals surface area contributed by atoms with Crippen LogP contribution in [0, 0.1) is 17.8 Å². The summed E-state index contributed by atoms with van der Waals surface area (Å²) in [5.41, 5.74) is 0. The first-order valence-electron chi connectivity index (χ1n) is 9.00. The normalized spacial score (nSPS) is 24.3. The smallest absolute Gasteiger partial charge is 0.260 e. The number of halogens is 1. The zero-order valence-electron chi connectivity index (χ0n) is 14.3. The van der Waals surface area contributed by atoms with Gasteiger partial charge in [0.05, 0.1) is 0 Å². The van der Waals surface area contributed by atoms with E-state index in [4.69, 9.17) is 16.3 Å². The average Bonchev–Trinajstić information content (AvgIpc) is 3.20. The molecule has 3 atom stereocenters. The summed E-state index contributed by atoms with van der Waals surface area (Å²) in [6.07, 6.45) is 9.35. The van der Waals surface area contributed by atoms with Crippen LogP contribution in [0.25, 0.3) is 0 Å². The number of hydrogen-bond acceptors (Lipinski definition) is 2. The largest absolute Gasteiger partial charge is 0.484 e. The van der Waals surface area contributed by atoms with E-state index in [-0.39, 0.29) is 12.5 Å². The van der Waals surface area contributed by atoms with Crippen molar-refractivity contribution in [3.05, 3.63) is 41.4 Å². The molecule has 3 nitrogen and oxygen atoms in total. The van der Waals surface area contributed by atoms with E-state index < -0.39 is 0 Å². The third-order valence-corrected chi connectivity index (χ3v) is 5.43. The molecule has 0 aliphatic heterocycles. The van der Waals surface area contributed by atoms with Crippen molar-refractivity contribution < 1.29 is 9.53 Å². The van der Waals surface area contributed by atoms with Gasteiger partial charge in [-0.1, -0.05) is 37.1 Å². The van der Waals surface area contributed by atoms with E-state index >= 15 is 0 Å². The molecule has 3 unspecified atom stereocenters. The monoisotopic (exact) mass is 347 g/mol. The number of hydrogen-bond donors (Lipinski definition) is 0. The van der Waals surface area contributed by atoms with Crippen molar-refractivity contribution in [3.63, 3.8) is 0 Å². The molecular weight excluding hydrogens is 322 g/mol. The molecule has 1 amide bonds. The molecular formula is C20H26ClNO2. The molecule has 0 spiro atoms. The molecule has 24 heavy (non-hydrogen) atoms. The number of unbranched alkanes of at least 4 members (excludes halogenated alkanes) is 1. The Hall–Kier alpha value is -1.48. The van der Waals surface area contributed by atoms with Gasteiger partial charge >= 0.3 is 0 Å². The lowest BCUT2D eigenvalue weighted by Gasteiger charge is -2.28. The second-order valence-electron chi connectivity index (χ2n) is 6.98. The number of carbonyl (C=O) groups excluding carboxylic acids is 1. The first-order valence-corrected chi connectivity index (χ1v) is 9.38. The Balaban J connectivity index is 1.54. The van der Waals surface area contributed by atoms with Crippen LogP contribution >= 0.6 is 11.6 Å². The molecule has 2 aliphatic rings. The Morgan fingerprint density at radius 2 is 2.04 bits per heavy atom. The maximum Gasteiger partial charge on any atom is 0.260 e. The molecule has 0 saturated heterocycles. The molecule has 0 N–H and O–H groups in total. The second-order valence-corrected chi connectivity index (χ2v) is 7.41. The quantitative estimate of drug-likeness (QED) is 0.645. The maximum absolute atomic E-state index is 12.6. The molecule has 2 aliphatic carbocycles. The van der Waals surface area contributed by atoms with Gasteiger partial charge in [-0.15, -0.1) is 0 Å². The standard InChI is InChI=1S/C20H26ClNO2/c1-2-3-10-22(13-17-12-15-4-5-16(17)11-15)20(23)14-24-19-8-6-18(21)7-9-19/h4-9,15-17H,2-3,10-14H2,1H3. The third-order valence-electron chi connectivity index (χ3n) is 5.18. The molecule has 1 saturated carbocycles. The fourth-order valence-corrected chi connectivity index (χ4v) is 3.95. The lowest BCUT2D eigenvalue weighted by molar-refractivity contribution is -0.134. The highest BCUT2D eigenvalue weighted by atomic mass is 35.5. The number of ether oxygens (including phenoxy) is 1. The average molecular weight is 348 g/mol. The SMILES string of the molecule is CCCCN(CC1CC2C=CC1C2)C(=O)COc1ccc(Cl)cc1. The van der Waals surface area contributed by atoms with Gasteiger partial charge in [0.2, 0.25) is 0 Å². The lowest BCUT2D eigenvalue weighted by atomic mass is 9.93. The summed E-state index contributed by atoms with van der Waals surface area (Å²) in [7, 11) is 0. The van der Waals surface area contributed by atoms with Crippen molar-refractivity contribution in [2.24, 2.45) is 17.8 Å². The van der Waals surface area contributed by atoms with Crippen molar-refractivity contribution in [2.45, 2.75) is 32.6 Å².